The van der Waals surface area contributed by atoms with Crippen LogP contribution in [0.5, 0.6) is 0 Å². The van der Waals surface area contributed by atoms with Gasteiger partial charge >= 0.3 is 0 Å². The van der Waals surface area contributed by atoms with E-state index in [2.05, 4.69) is 21.1 Å². The Bertz CT molecular complexity index is 525. The summed E-state index contributed by atoms with van der Waals surface area (Å²) in [4.78, 5) is 0. The topological polar surface area (TPSA) is 46.3 Å². The first-order valence-electron chi connectivity index (χ1n) is 4.65. The summed E-state index contributed by atoms with van der Waals surface area (Å²) in [6, 6.07) is 4.65. The van der Waals surface area contributed by atoms with E-state index < -0.39 is 5.82 Å². The van der Waals surface area contributed by atoms with Gasteiger partial charge in [0.15, 0.2) is 0 Å². The van der Waals surface area contributed by atoms with Gasteiger partial charge in [-0.15, -0.1) is 0 Å². The van der Waals surface area contributed by atoms with Crippen molar-refractivity contribution in [3.8, 4) is 11.3 Å². The summed E-state index contributed by atoms with van der Waals surface area (Å²) in [5.41, 5.74) is 1.19. The van der Waals surface area contributed by atoms with Crippen LogP contribution in [0.1, 0.15) is 11.3 Å². The number of halogens is 2. The Morgan fingerprint density at radius 2 is 2.25 bits per heavy atom. The molecular weight excluding hydrogens is 277 g/mol. The average Bonchev–Trinajstić information content (AvgIpc) is 2.59. The predicted molar refractivity (Wildman–Crippen MR) is 60.3 cm³/mol. The molecule has 0 unspecified atom stereocenters. The first-order chi connectivity index (χ1) is 7.63. The molecule has 1 N–H and O–H groups in total. The van der Waals surface area contributed by atoms with E-state index in [4.69, 9.17) is 9.63 Å². The lowest BCUT2D eigenvalue weighted by Crippen LogP contribution is -1.91. The minimum absolute atomic E-state index is 0.222. The second kappa shape index (κ2) is 4.35. The van der Waals surface area contributed by atoms with Crippen molar-refractivity contribution in [2.75, 3.05) is 0 Å². The zero-order valence-electron chi connectivity index (χ0n) is 8.50. The Balaban J connectivity index is 2.58. The number of nitrogens with zero attached hydrogens (tertiary/aromatic N) is 1. The van der Waals surface area contributed by atoms with Gasteiger partial charge in [0.1, 0.15) is 17.3 Å². The van der Waals surface area contributed by atoms with Crippen LogP contribution in [0, 0.1) is 12.7 Å². The molecule has 16 heavy (non-hydrogen) atoms. The van der Waals surface area contributed by atoms with Crippen LogP contribution in [0.15, 0.2) is 27.2 Å². The molecule has 0 fully saturated rings. The summed E-state index contributed by atoms with van der Waals surface area (Å²) in [5, 5.41) is 12.9. The molecule has 0 bridgehead atoms. The summed E-state index contributed by atoms with van der Waals surface area (Å²) >= 11 is 3.18. The van der Waals surface area contributed by atoms with Gasteiger partial charge in [-0.05, 0) is 25.1 Å². The van der Waals surface area contributed by atoms with Crippen molar-refractivity contribution in [3.63, 3.8) is 0 Å². The highest BCUT2D eigenvalue weighted by molar-refractivity contribution is 9.10. The second-order valence-electron chi connectivity index (χ2n) is 3.35. The van der Waals surface area contributed by atoms with E-state index in [-0.39, 0.29) is 6.61 Å². The number of rotatable bonds is 2. The van der Waals surface area contributed by atoms with Gasteiger partial charge in [0.05, 0.1) is 6.61 Å². The molecule has 0 saturated carbocycles. The maximum atomic E-state index is 13.7. The van der Waals surface area contributed by atoms with Crippen LogP contribution in [0.25, 0.3) is 11.3 Å². The molecule has 0 amide bonds. The molecule has 0 spiro atoms. The number of benzene rings is 1. The Morgan fingerprint density at radius 3 is 2.88 bits per heavy atom. The van der Waals surface area contributed by atoms with E-state index in [1.807, 2.05) is 0 Å². The fraction of sp³-hybridized carbons (Fsp3) is 0.182. The highest BCUT2D eigenvalue weighted by Gasteiger charge is 2.16. The van der Waals surface area contributed by atoms with E-state index >= 15 is 0 Å². The molecule has 3 nitrogen and oxygen atoms in total. The third-order valence-electron chi connectivity index (χ3n) is 2.33. The number of aliphatic hydroxyl groups excluding tert-OH is 1. The zero-order valence-corrected chi connectivity index (χ0v) is 10.1. The number of hydrogen-bond acceptors (Lipinski definition) is 3. The Labute approximate surface area is 100 Å². The summed E-state index contributed by atoms with van der Waals surface area (Å²) in [5.74, 6) is 0.0946. The highest BCUT2D eigenvalue weighted by Crippen LogP contribution is 2.29. The first kappa shape index (κ1) is 11.3. The van der Waals surface area contributed by atoms with Crippen LogP contribution in [0.4, 0.5) is 4.39 Å². The van der Waals surface area contributed by atoms with Crippen molar-refractivity contribution in [1.29, 1.82) is 0 Å². The molecule has 2 rings (SSSR count). The van der Waals surface area contributed by atoms with E-state index in [0.717, 1.165) is 0 Å². The van der Waals surface area contributed by atoms with Crippen LogP contribution >= 0.6 is 15.9 Å². The van der Waals surface area contributed by atoms with Crippen LogP contribution < -0.4 is 0 Å². The largest absolute Gasteiger partial charge is 0.391 e. The smallest absolute Gasteiger partial charge is 0.139 e. The first-order valence-corrected chi connectivity index (χ1v) is 5.44. The van der Waals surface area contributed by atoms with E-state index in [1.54, 1.807) is 19.1 Å². The van der Waals surface area contributed by atoms with Crippen LogP contribution in [0.3, 0.4) is 0 Å². The number of aliphatic hydroxyl groups is 1. The van der Waals surface area contributed by atoms with Gasteiger partial charge < -0.3 is 9.63 Å². The molecule has 1 heterocycles. The fourth-order valence-corrected chi connectivity index (χ4v) is 1.80. The van der Waals surface area contributed by atoms with Crippen molar-refractivity contribution in [1.82, 2.24) is 5.16 Å². The molecule has 0 atom stereocenters. The van der Waals surface area contributed by atoms with E-state index in [1.165, 1.54) is 6.07 Å². The number of hydrogen-bond donors (Lipinski definition) is 1. The van der Waals surface area contributed by atoms with Gasteiger partial charge in [-0.2, -0.15) is 0 Å². The van der Waals surface area contributed by atoms with Gasteiger partial charge in [-0.25, -0.2) is 4.39 Å². The van der Waals surface area contributed by atoms with Gasteiger partial charge in [0, 0.05) is 15.6 Å². The van der Waals surface area contributed by atoms with Gasteiger partial charge in [0.25, 0.3) is 0 Å². The minimum Gasteiger partial charge on any atom is -0.391 e. The molecule has 5 heteroatoms. The van der Waals surface area contributed by atoms with E-state index in [0.29, 0.717) is 27.1 Å². The average molecular weight is 286 g/mol. The predicted octanol–water partition coefficient (Wildman–Crippen LogP) is 3.04. The Kier molecular flexibility index (Phi) is 3.07. The zero-order chi connectivity index (χ0) is 11.7. The van der Waals surface area contributed by atoms with Crippen molar-refractivity contribution in [2.24, 2.45) is 0 Å². The third kappa shape index (κ3) is 1.88. The van der Waals surface area contributed by atoms with Crippen molar-refractivity contribution in [2.45, 2.75) is 13.5 Å². The van der Waals surface area contributed by atoms with Crippen molar-refractivity contribution >= 4 is 15.9 Å². The summed E-state index contributed by atoms with van der Waals surface area (Å²) < 4.78 is 19.3. The molecular formula is C11H9BrFNO2. The van der Waals surface area contributed by atoms with Crippen molar-refractivity contribution in [3.05, 3.63) is 39.8 Å². The van der Waals surface area contributed by atoms with Crippen molar-refractivity contribution < 1.29 is 14.0 Å². The standard InChI is InChI=1S/C11H9BrFNO2/c1-6-9(5-15)11(14-16-6)8-3-2-7(12)4-10(8)13/h2-4,15H,5H2,1H3. The molecule has 2 aromatic rings. The molecule has 1 aromatic heterocycles. The van der Waals surface area contributed by atoms with Crippen LogP contribution in [-0.4, -0.2) is 10.3 Å². The Morgan fingerprint density at radius 1 is 1.50 bits per heavy atom. The number of aryl methyl sites for hydroxylation is 1. The molecule has 0 radical (unpaired) electrons. The van der Waals surface area contributed by atoms with Crippen LogP contribution in [-0.2, 0) is 6.61 Å². The maximum Gasteiger partial charge on any atom is 0.139 e. The van der Waals surface area contributed by atoms with Gasteiger partial charge in [-0.1, -0.05) is 21.1 Å². The minimum atomic E-state index is -0.405. The van der Waals surface area contributed by atoms with Gasteiger partial charge in [0.2, 0.25) is 0 Å². The summed E-state index contributed by atoms with van der Waals surface area (Å²) in [6.07, 6.45) is 0. The van der Waals surface area contributed by atoms with E-state index in [9.17, 15) is 4.39 Å². The lowest BCUT2D eigenvalue weighted by Gasteiger charge is -2.01. The number of aromatic nitrogens is 1. The molecule has 0 aliphatic heterocycles. The Hall–Kier alpha value is -1.20. The lowest BCUT2D eigenvalue weighted by atomic mass is 10.1. The van der Waals surface area contributed by atoms with Gasteiger partial charge in [-0.3, -0.25) is 0 Å². The van der Waals surface area contributed by atoms with Crippen LogP contribution in [0.2, 0.25) is 0 Å². The molecule has 0 aliphatic rings. The lowest BCUT2D eigenvalue weighted by molar-refractivity contribution is 0.278. The molecule has 84 valence electrons. The third-order valence-corrected chi connectivity index (χ3v) is 2.82. The summed E-state index contributed by atoms with van der Waals surface area (Å²) in [6.45, 7) is 1.46. The monoisotopic (exact) mass is 285 g/mol. The molecule has 0 saturated heterocycles. The fourth-order valence-electron chi connectivity index (χ4n) is 1.47. The summed E-state index contributed by atoms with van der Waals surface area (Å²) in [7, 11) is 0. The highest BCUT2D eigenvalue weighted by atomic mass is 79.9. The SMILES string of the molecule is Cc1onc(-c2ccc(Br)cc2F)c1CO. The normalized spacial score (nSPS) is 10.8. The second-order valence-corrected chi connectivity index (χ2v) is 4.26. The maximum absolute atomic E-state index is 13.7. The molecule has 0 aliphatic carbocycles. The molecule has 1 aromatic carbocycles. The quantitative estimate of drug-likeness (QED) is 0.923.